The first-order valence-electron chi connectivity index (χ1n) is 10.1. The van der Waals surface area contributed by atoms with Crippen LogP contribution in [0.5, 0.6) is 5.75 Å². The topological polar surface area (TPSA) is 81.7 Å². The van der Waals surface area contributed by atoms with Crippen molar-refractivity contribution in [1.29, 1.82) is 0 Å². The largest absolute Gasteiger partial charge is 0.476 e. The standard InChI is InChI=1S/C25H23NO5/c1-4-17-7-9-18(10-8-17)26-22(27)14-30-25-23(28)19-12-15(2)16(3)13-21(19)31-24(25)20-6-5-11-29-20/h5-13H,4,14H2,1-3H3,(H,26,27). The highest BCUT2D eigenvalue weighted by atomic mass is 16.5. The molecule has 2 aromatic heterocycles. The lowest BCUT2D eigenvalue weighted by Gasteiger charge is -2.12. The first kappa shape index (κ1) is 20.5. The molecule has 0 spiro atoms. The fourth-order valence-corrected chi connectivity index (χ4v) is 3.29. The van der Waals surface area contributed by atoms with E-state index in [9.17, 15) is 9.59 Å². The van der Waals surface area contributed by atoms with E-state index in [2.05, 4.69) is 12.2 Å². The lowest BCUT2D eigenvalue weighted by atomic mass is 10.1. The fraction of sp³-hybridized carbons (Fsp3) is 0.200. The third-order valence-corrected chi connectivity index (χ3v) is 5.20. The van der Waals surface area contributed by atoms with Crippen molar-refractivity contribution in [2.24, 2.45) is 0 Å². The monoisotopic (exact) mass is 417 g/mol. The van der Waals surface area contributed by atoms with E-state index in [0.717, 1.165) is 17.5 Å². The Balaban J connectivity index is 1.64. The van der Waals surface area contributed by atoms with Crippen LogP contribution in [0.3, 0.4) is 0 Å². The van der Waals surface area contributed by atoms with E-state index in [4.69, 9.17) is 13.6 Å². The van der Waals surface area contributed by atoms with Crippen LogP contribution in [0.4, 0.5) is 5.69 Å². The van der Waals surface area contributed by atoms with Crippen LogP contribution in [0.2, 0.25) is 0 Å². The zero-order valence-electron chi connectivity index (χ0n) is 17.7. The second-order valence-corrected chi connectivity index (χ2v) is 7.39. The fourth-order valence-electron chi connectivity index (χ4n) is 3.29. The van der Waals surface area contributed by atoms with Gasteiger partial charge in [-0.05, 0) is 73.4 Å². The van der Waals surface area contributed by atoms with Gasteiger partial charge in [-0.3, -0.25) is 9.59 Å². The summed E-state index contributed by atoms with van der Waals surface area (Å²) in [6, 6.07) is 14.5. The lowest BCUT2D eigenvalue weighted by molar-refractivity contribution is -0.118. The normalized spacial score (nSPS) is 10.9. The van der Waals surface area contributed by atoms with Gasteiger partial charge in [0.05, 0.1) is 11.6 Å². The molecule has 1 amide bonds. The summed E-state index contributed by atoms with van der Waals surface area (Å²) in [5, 5.41) is 3.16. The molecular weight excluding hydrogens is 394 g/mol. The summed E-state index contributed by atoms with van der Waals surface area (Å²) < 4.78 is 17.1. The Bertz CT molecular complexity index is 1280. The van der Waals surface area contributed by atoms with E-state index in [1.165, 1.54) is 11.8 Å². The number of anilines is 1. The third-order valence-electron chi connectivity index (χ3n) is 5.20. The molecule has 0 fully saturated rings. The summed E-state index contributed by atoms with van der Waals surface area (Å²) in [5.41, 5.74) is 3.89. The van der Waals surface area contributed by atoms with Gasteiger partial charge >= 0.3 is 0 Å². The van der Waals surface area contributed by atoms with Gasteiger partial charge in [0.2, 0.25) is 16.9 Å². The Hall–Kier alpha value is -3.80. The zero-order valence-corrected chi connectivity index (χ0v) is 17.7. The quantitative estimate of drug-likeness (QED) is 0.463. The molecule has 0 aliphatic rings. The molecule has 4 aromatic rings. The molecule has 6 nitrogen and oxygen atoms in total. The number of carbonyl (C=O) groups excluding carboxylic acids is 1. The number of aryl methyl sites for hydroxylation is 3. The van der Waals surface area contributed by atoms with Crippen LogP contribution in [0.1, 0.15) is 23.6 Å². The number of hydrogen-bond donors (Lipinski definition) is 1. The summed E-state index contributed by atoms with van der Waals surface area (Å²) in [6.07, 6.45) is 2.40. The first-order valence-corrected chi connectivity index (χ1v) is 10.1. The molecule has 0 unspecified atom stereocenters. The molecule has 0 radical (unpaired) electrons. The van der Waals surface area contributed by atoms with E-state index in [1.807, 2.05) is 44.2 Å². The van der Waals surface area contributed by atoms with Gasteiger partial charge < -0.3 is 18.9 Å². The van der Waals surface area contributed by atoms with E-state index in [1.54, 1.807) is 18.2 Å². The molecule has 0 saturated heterocycles. The highest BCUT2D eigenvalue weighted by molar-refractivity contribution is 5.92. The predicted molar refractivity (Wildman–Crippen MR) is 120 cm³/mol. The second kappa shape index (κ2) is 8.52. The molecule has 4 rings (SSSR count). The van der Waals surface area contributed by atoms with Crippen LogP contribution in [0, 0.1) is 13.8 Å². The smallest absolute Gasteiger partial charge is 0.262 e. The zero-order chi connectivity index (χ0) is 22.0. The molecule has 0 atom stereocenters. The molecule has 2 heterocycles. The number of fused-ring (bicyclic) bond motifs is 1. The Morgan fingerprint density at radius 3 is 2.48 bits per heavy atom. The van der Waals surface area contributed by atoms with Gasteiger partial charge in [0.15, 0.2) is 12.4 Å². The minimum Gasteiger partial charge on any atom is -0.476 e. The highest BCUT2D eigenvalue weighted by Crippen LogP contribution is 2.32. The van der Waals surface area contributed by atoms with Gasteiger partial charge in [0.1, 0.15) is 5.58 Å². The minimum absolute atomic E-state index is 0.0535. The van der Waals surface area contributed by atoms with E-state index < -0.39 is 0 Å². The number of rotatable bonds is 6. The molecule has 1 N–H and O–H groups in total. The van der Waals surface area contributed by atoms with E-state index in [0.29, 0.717) is 22.4 Å². The van der Waals surface area contributed by atoms with Gasteiger partial charge in [0, 0.05) is 5.69 Å². The average molecular weight is 417 g/mol. The molecule has 6 heteroatoms. The SMILES string of the molecule is CCc1ccc(NC(=O)COc2c(-c3ccco3)oc3cc(C)c(C)cc3c2=O)cc1. The maximum Gasteiger partial charge on any atom is 0.262 e. The summed E-state index contributed by atoms with van der Waals surface area (Å²) in [5.74, 6) is 0.0741. The molecule has 0 aliphatic carbocycles. The second-order valence-electron chi connectivity index (χ2n) is 7.39. The predicted octanol–water partition coefficient (Wildman–Crippen LogP) is 5.25. The number of amides is 1. The van der Waals surface area contributed by atoms with Crippen LogP contribution < -0.4 is 15.5 Å². The summed E-state index contributed by atoms with van der Waals surface area (Å²) in [7, 11) is 0. The van der Waals surface area contributed by atoms with Crippen LogP contribution in [0.15, 0.2) is 68.4 Å². The first-order chi connectivity index (χ1) is 15.0. The molecule has 0 saturated carbocycles. The van der Waals surface area contributed by atoms with Crippen molar-refractivity contribution in [2.45, 2.75) is 27.2 Å². The number of hydrogen-bond acceptors (Lipinski definition) is 5. The van der Waals surface area contributed by atoms with Crippen LogP contribution in [-0.2, 0) is 11.2 Å². The van der Waals surface area contributed by atoms with Crippen molar-refractivity contribution in [3.63, 3.8) is 0 Å². The number of furan rings is 1. The number of carbonyl (C=O) groups is 1. The highest BCUT2D eigenvalue weighted by Gasteiger charge is 2.21. The average Bonchev–Trinajstić information content (AvgIpc) is 3.30. The minimum atomic E-state index is -0.380. The number of ether oxygens (including phenoxy) is 1. The van der Waals surface area contributed by atoms with Crippen molar-refractivity contribution in [3.8, 4) is 17.3 Å². The van der Waals surface area contributed by atoms with Gasteiger partial charge in [-0.25, -0.2) is 0 Å². The van der Waals surface area contributed by atoms with Crippen molar-refractivity contribution < 1.29 is 18.4 Å². The Morgan fingerprint density at radius 2 is 1.81 bits per heavy atom. The summed E-state index contributed by atoms with van der Waals surface area (Å²) in [4.78, 5) is 25.6. The van der Waals surface area contributed by atoms with Gasteiger partial charge in [-0.15, -0.1) is 0 Å². The van der Waals surface area contributed by atoms with Gasteiger partial charge in [-0.2, -0.15) is 0 Å². The van der Waals surface area contributed by atoms with Gasteiger partial charge in [-0.1, -0.05) is 19.1 Å². The molecule has 158 valence electrons. The van der Waals surface area contributed by atoms with Crippen molar-refractivity contribution >= 4 is 22.6 Å². The molecule has 0 aliphatic heterocycles. The molecule has 31 heavy (non-hydrogen) atoms. The number of nitrogens with one attached hydrogen (secondary N) is 1. The molecule has 2 aromatic carbocycles. The Kier molecular flexibility index (Phi) is 5.62. The third kappa shape index (κ3) is 4.23. The maximum atomic E-state index is 13.2. The maximum absolute atomic E-state index is 13.2. The van der Waals surface area contributed by atoms with Crippen molar-refractivity contribution in [1.82, 2.24) is 0 Å². The van der Waals surface area contributed by atoms with Crippen LogP contribution in [-0.4, -0.2) is 12.5 Å². The lowest BCUT2D eigenvalue weighted by Crippen LogP contribution is -2.22. The summed E-state index contributed by atoms with van der Waals surface area (Å²) in [6.45, 7) is 5.59. The van der Waals surface area contributed by atoms with Crippen LogP contribution >= 0.6 is 0 Å². The summed E-state index contributed by atoms with van der Waals surface area (Å²) >= 11 is 0. The Morgan fingerprint density at radius 1 is 1.06 bits per heavy atom. The van der Waals surface area contributed by atoms with E-state index >= 15 is 0 Å². The Labute approximate surface area is 179 Å². The number of benzene rings is 2. The van der Waals surface area contributed by atoms with Crippen molar-refractivity contribution in [2.75, 3.05) is 11.9 Å². The molecular formula is C25H23NO5. The molecule has 0 bridgehead atoms. The van der Waals surface area contributed by atoms with Crippen LogP contribution in [0.25, 0.3) is 22.5 Å². The van der Waals surface area contributed by atoms with Gasteiger partial charge in [0.25, 0.3) is 5.91 Å². The van der Waals surface area contributed by atoms with E-state index in [-0.39, 0.29) is 29.5 Å². The van der Waals surface area contributed by atoms with Crippen molar-refractivity contribution in [3.05, 3.63) is 81.7 Å².